The highest BCUT2D eigenvalue weighted by atomic mass is 16.5. The molecule has 0 bridgehead atoms. The minimum absolute atomic E-state index is 0.0730. The van der Waals surface area contributed by atoms with Gasteiger partial charge in [-0.25, -0.2) is 0 Å². The van der Waals surface area contributed by atoms with Crippen LogP contribution in [-0.2, 0) is 24.7 Å². The summed E-state index contributed by atoms with van der Waals surface area (Å²) < 4.78 is 11.2. The van der Waals surface area contributed by atoms with E-state index in [-0.39, 0.29) is 18.2 Å². The quantitative estimate of drug-likeness (QED) is 0.299. The molecule has 0 aromatic heterocycles. The van der Waals surface area contributed by atoms with Gasteiger partial charge in [0.15, 0.2) is 5.54 Å². The molecular weight excluding hydrogens is 448 g/mol. The van der Waals surface area contributed by atoms with E-state index in [1.165, 1.54) is 9.80 Å². The van der Waals surface area contributed by atoms with Gasteiger partial charge >= 0.3 is 0 Å². The summed E-state index contributed by atoms with van der Waals surface area (Å²) in [6, 6.07) is 13.5. The van der Waals surface area contributed by atoms with Crippen LogP contribution < -0.4 is 9.64 Å². The second kappa shape index (κ2) is 8.70. The van der Waals surface area contributed by atoms with Gasteiger partial charge in [-0.05, 0) is 43.2 Å². The molecule has 35 heavy (non-hydrogen) atoms. The van der Waals surface area contributed by atoms with E-state index in [2.05, 4.69) is 6.58 Å². The number of likely N-dealkylation sites (tertiary alicyclic amines) is 1. The number of amides is 2. The third-order valence-corrected chi connectivity index (χ3v) is 6.85. The van der Waals surface area contributed by atoms with E-state index in [1.54, 1.807) is 61.7 Å². The van der Waals surface area contributed by atoms with Crippen molar-refractivity contribution in [1.29, 1.82) is 0 Å². The molecule has 3 heterocycles. The molecule has 5 rings (SSSR count). The number of aliphatic hydroxyl groups excluding tert-OH is 1. The number of aliphatic hydroxyl groups is 1. The van der Waals surface area contributed by atoms with Crippen LogP contribution in [0.3, 0.4) is 0 Å². The van der Waals surface area contributed by atoms with E-state index in [0.717, 1.165) is 12.8 Å². The second-order valence-corrected chi connectivity index (χ2v) is 8.82. The molecular formula is C27H26N2O6. The lowest BCUT2D eigenvalue weighted by Gasteiger charge is -2.35. The third-order valence-electron chi connectivity index (χ3n) is 6.85. The number of ketones is 1. The lowest BCUT2D eigenvalue weighted by atomic mass is 9.81. The van der Waals surface area contributed by atoms with Crippen LogP contribution >= 0.6 is 0 Å². The first-order valence-electron chi connectivity index (χ1n) is 11.5. The number of Topliss-reactive ketones (excluding diaryl/α,β-unsaturated/α-hetero) is 1. The molecule has 180 valence electrons. The summed E-state index contributed by atoms with van der Waals surface area (Å²) in [7, 11) is 1.61. The highest BCUT2D eigenvalue weighted by molar-refractivity contribution is 6.50. The number of rotatable bonds is 6. The highest BCUT2D eigenvalue weighted by Gasteiger charge is 2.66. The lowest BCUT2D eigenvalue weighted by molar-refractivity contribution is -0.145. The maximum absolute atomic E-state index is 13.9. The number of nitrogens with zero attached hydrogens (tertiary/aromatic N) is 2. The fraction of sp³-hybridized carbons (Fsp3) is 0.296. The van der Waals surface area contributed by atoms with E-state index in [1.807, 2.05) is 0 Å². The molecule has 2 amide bonds. The van der Waals surface area contributed by atoms with Crippen molar-refractivity contribution in [3.63, 3.8) is 0 Å². The summed E-state index contributed by atoms with van der Waals surface area (Å²) in [6.45, 7) is 4.57. The topological polar surface area (TPSA) is 96.4 Å². The van der Waals surface area contributed by atoms with Crippen LogP contribution in [0.1, 0.15) is 24.0 Å². The zero-order valence-electron chi connectivity index (χ0n) is 19.4. The predicted molar refractivity (Wildman–Crippen MR) is 129 cm³/mol. The molecule has 0 saturated carbocycles. The second-order valence-electron chi connectivity index (χ2n) is 8.82. The number of para-hydroxylation sites is 1. The summed E-state index contributed by atoms with van der Waals surface area (Å²) in [5, 5.41) is 11.4. The first-order valence-corrected chi connectivity index (χ1v) is 11.5. The number of benzene rings is 2. The third kappa shape index (κ3) is 3.36. The average Bonchev–Trinajstić information content (AvgIpc) is 3.53. The van der Waals surface area contributed by atoms with E-state index >= 15 is 0 Å². The Morgan fingerprint density at radius 2 is 1.94 bits per heavy atom. The molecule has 0 unspecified atom stereocenters. The Bertz CT molecular complexity index is 1240. The molecule has 8 heteroatoms. The van der Waals surface area contributed by atoms with Crippen molar-refractivity contribution < 1.29 is 29.0 Å². The van der Waals surface area contributed by atoms with Gasteiger partial charge in [0.05, 0.1) is 11.7 Å². The number of anilines is 1. The Morgan fingerprint density at radius 1 is 1.20 bits per heavy atom. The molecule has 2 fully saturated rings. The van der Waals surface area contributed by atoms with Gasteiger partial charge in [0.25, 0.3) is 17.6 Å². The minimum atomic E-state index is -1.77. The number of likely N-dealkylation sites (N-methyl/N-ethyl adjacent to an activating group) is 1. The highest BCUT2D eigenvalue weighted by Crippen LogP contribution is 2.53. The van der Waals surface area contributed by atoms with Crippen LogP contribution in [0.25, 0.3) is 5.76 Å². The van der Waals surface area contributed by atoms with Crippen LogP contribution in [0.2, 0.25) is 0 Å². The smallest absolute Gasteiger partial charge is 0.296 e. The van der Waals surface area contributed by atoms with Crippen molar-refractivity contribution in [1.82, 2.24) is 4.90 Å². The monoisotopic (exact) mass is 474 g/mol. The number of hydrogen-bond acceptors (Lipinski definition) is 6. The molecule has 2 atom stereocenters. The van der Waals surface area contributed by atoms with Gasteiger partial charge in [-0.15, -0.1) is 0 Å². The number of carbonyl (C=O) groups is 3. The summed E-state index contributed by atoms with van der Waals surface area (Å²) >= 11 is 0. The van der Waals surface area contributed by atoms with Crippen molar-refractivity contribution in [2.45, 2.75) is 24.5 Å². The molecule has 2 saturated heterocycles. The first-order chi connectivity index (χ1) is 16.9. The van der Waals surface area contributed by atoms with Crippen molar-refractivity contribution in [3.05, 3.63) is 77.9 Å². The lowest BCUT2D eigenvalue weighted by Crippen LogP contribution is -2.53. The Morgan fingerprint density at radius 3 is 2.63 bits per heavy atom. The maximum atomic E-state index is 13.9. The Balaban J connectivity index is 1.70. The standard InChI is InChI=1S/C27H26N2O6/c1-3-14-34-18-12-10-17(11-13-18)23(30)22-24(31)25(32)29(16-19-7-6-15-35-19)27(22)20-8-4-5-9-21(20)28(2)26(27)33/h3-5,8-13,19,30H,1,6-7,14-16H2,2H3/t19-,27-/m0/s1. The number of hydrogen-bond donors (Lipinski definition) is 1. The molecule has 0 aliphatic carbocycles. The number of fused-ring (bicyclic) bond motifs is 2. The van der Waals surface area contributed by atoms with Crippen molar-refractivity contribution in [2.75, 3.05) is 31.7 Å². The normalized spacial score (nSPS) is 24.9. The van der Waals surface area contributed by atoms with Crippen molar-refractivity contribution >= 4 is 29.0 Å². The van der Waals surface area contributed by atoms with E-state index in [0.29, 0.717) is 35.8 Å². The SMILES string of the molecule is C=CCOc1ccc(C(O)=C2C(=O)C(=O)N(C[C@@H]3CCCO3)[C@]23C(=O)N(C)c2ccccc23)cc1. The molecule has 0 radical (unpaired) electrons. The van der Waals surface area contributed by atoms with Gasteiger partial charge in [-0.1, -0.05) is 30.9 Å². The van der Waals surface area contributed by atoms with E-state index in [9.17, 15) is 19.5 Å². The van der Waals surface area contributed by atoms with Crippen LogP contribution in [0.5, 0.6) is 5.75 Å². The molecule has 2 aromatic rings. The fourth-order valence-corrected chi connectivity index (χ4v) is 5.22. The zero-order chi connectivity index (χ0) is 24.7. The molecule has 1 N–H and O–H groups in total. The van der Waals surface area contributed by atoms with Gasteiger partial charge in [-0.3, -0.25) is 14.4 Å². The summed E-state index contributed by atoms with van der Waals surface area (Å²) in [6.07, 6.45) is 2.88. The van der Waals surface area contributed by atoms with Crippen LogP contribution in [0, 0.1) is 0 Å². The Kier molecular flexibility index (Phi) is 5.68. The van der Waals surface area contributed by atoms with Gasteiger partial charge < -0.3 is 24.4 Å². The first kappa shape index (κ1) is 22.9. The maximum Gasteiger partial charge on any atom is 0.296 e. The molecule has 8 nitrogen and oxygen atoms in total. The molecule has 3 aliphatic heterocycles. The van der Waals surface area contributed by atoms with Crippen molar-refractivity contribution in [2.24, 2.45) is 0 Å². The number of carbonyl (C=O) groups excluding carboxylic acids is 3. The molecule has 2 aromatic carbocycles. The van der Waals surface area contributed by atoms with Crippen LogP contribution in [0.15, 0.2) is 66.8 Å². The minimum Gasteiger partial charge on any atom is -0.507 e. The van der Waals surface area contributed by atoms with Crippen LogP contribution in [-0.4, -0.2) is 60.5 Å². The summed E-state index contributed by atoms with van der Waals surface area (Å²) in [5.74, 6) is -2.05. The van der Waals surface area contributed by atoms with E-state index < -0.39 is 28.9 Å². The van der Waals surface area contributed by atoms with Crippen molar-refractivity contribution in [3.8, 4) is 5.75 Å². The molecule has 3 aliphatic rings. The summed E-state index contributed by atoms with van der Waals surface area (Å²) in [5.41, 5.74) is -0.645. The van der Waals surface area contributed by atoms with Crippen LogP contribution in [0.4, 0.5) is 5.69 Å². The Hall–Kier alpha value is -3.91. The van der Waals surface area contributed by atoms with Gasteiger partial charge in [-0.2, -0.15) is 0 Å². The largest absolute Gasteiger partial charge is 0.507 e. The molecule has 1 spiro atoms. The van der Waals surface area contributed by atoms with Gasteiger partial charge in [0.2, 0.25) is 0 Å². The van der Waals surface area contributed by atoms with E-state index in [4.69, 9.17) is 9.47 Å². The number of ether oxygens (including phenoxy) is 2. The Labute approximate surface area is 203 Å². The summed E-state index contributed by atoms with van der Waals surface area (Å²) in [4.78, 5) is 43.6. The predicted octanol–water partition coefficient (Wildman–Crippen LogP) is 2.98. The van der Waals surface area contributed by atoms with Gasteiger partial charge in [0.1, 0.15) is 18.1 Å². The zero-order valence-corrected chi connectivity index (χ0v) is 19.4. The van der Waals surface area contributed by atoms with Gasteiger partial charge in [0, 0.05) is 37.0 Å². The average molecular weight is 475 g/mol. The fourth-order valence-electron chi connectivity index (χ4n) is 5.22.